The third-order valence-electron chi connectivity index (χ3n) is 2.86. The molecule has 0 spiro atoms. The van der Waals surface area contributed by atoms with Gasteiger partial charge in [-0.05, 0) is 12.1 Å². The van der Waals surface area contributed by atoms with Gasteiger partial charge in [-0.2, -0.15) is 0 Å². The van der Waals surface area contributed by atoms with Gasteiger partial charge in [0.15, 0.2) is 0 Å². The van der Waals surface area contributed by atoms with Gasteiger partial charge in [0.1, 0.15) is 5.01 Å². The third-order valence-corrected chi connectivity index (χ3v) is 3.79. The summed E-state index contributed by atoms with van der Waals surface area (Å²) in [4.78, 5) is 13.7. The van der Waals surface area contributed by atoms with E-state index in [1.165, 1.54) is 11.3 Å². The van der Waals surface area contributed by atoms with Gasteiger partial charge in [-0.3, -0.25) is 4.79 Å². The van der Waals surface area contributed by atoms with Gasteiger partial charge >= 0.3 is 0 Å². The zero-order chi connectivity index (χ0) is 13.2. The Bertz CT molecular complexity index is 612. The number of rotatable bonds is 3. The lowest BCUT2D eigenvalue weighted by Crippen LogP contribution is -2.37. The molecular formula is C12H13N5OS. The number of anilines is 3. The molecule has 0 bridgehead atoms. The summed E-state index contributed by atoms with van der Waals surface area (Å²) in [7, 11) is 1.81. The molecule has 1 aliphatic rings. The minimum Gasteiger partial charge on any atom is -0.363 e. The van der Waals surface area contributed by atoms with Crippen LogP contribution in [0.3, 0.4) is 0 Å². The molecular weight excluding hydrogens is 262 g/mol. The largest absolute Gasteiger partial charge is 0.363 e. The lowest BCUT2D eigenvalue weighted by molar-refractivity contribution is -0.115. The lowest BCUT2D eigenvalue weighted by Gasteiger charge is -2.29. The molecule has 7 heteroatoms. The van der Waals surface area contributed by atoms with Crippen LogP contribution in [0.1, 0.15) is 5.01 Å². The first-order valence-electron chi connectivity index (χ1n) is 5.90. The molecule has 1 aromatic heterocycles. The number of aromatic nitrogens is 2. The summed E-state index contributed by atoms with van der Waals surface area (Å²) < 4.78 is 0. The van der Waals surface area contributed by atoms with Crippen molar-refractivity contribution in [1.82, 2.24) is 10.2 Å². The number of carbonyl (C=O) groups is 1. The van der Waals surface area contributed by atoms with Crippen molar-refractivity contribution >= 4 is 33.8 Å². The van der Waals surface area contributed by atoms with Gasteiger partial charge in [0.25, 0.3) is 0 Å². The van der Waals surface area contributed by atoms with Gasteiger partial charge in [-0.1, -0.05) is 23.5 Å². The fraction of sp³-hybridized carbons (Fsp3) is 0.250. The summed E-state index contributed by atoms with van der Waals surface area (Å²) in [5, 5.41) is 15.6. The Hall–Kier alpha value is -2.15. The zero-order valence-corrected chi connectivity index (χ0v) is 11.2. The number of carbonyl (C=O) groups excluding carboxylic acids is 1. The third kappa shape index (κ3) is 2.37. The highest BCUT2D eigenvalue weighted by atomic mass is 32.1. The average Bonchev–Trinajstić information content (AvgIpc) is 2.86. The molecule has 0 atom stereocenters. The van der Waals surface area contributed by atoms with Crippen LogP contribution in [0.5, 0.6) is 0 Å². The quantitative estimate of drug-likeness (QED) is 0.889. The summed E-state index contributed by atoms with van der Waals surface area (Å²) in [6.45, 7) is 0.926. The van der Waals surface area contributed by atoms with Gasteiger partial charge in [-0.25, -0.2) is 0 Å². The number of nitrogens with one attached hydrogen (secondary N) is 2. The van der Waals surface area contributed by atoms with Gasteiger partial charge in [-0.15, -0.1) is 10.2 Å². The molecule has 1 amide bonds. The van der Waals surface area contributed by atoms with Crippen LogP contribution in [-0.4, -0.2) is 29.7 Å². The molecule has 2 aromatic rings. The molecule has 0 aliphatic carbocycles. The second kappa shape index (κ2) is 4.85. The van der Waals surface area contributed by atoms with Gasteiger partial charge in [0.2, 0.25) is 11.0 Å². The first-order chi connectivity index (χ1) is 9.26. The Morgan fingerprint density at radius 1 is 1.42 bits per heavy atom. The summed E-state index contributed by atoms with van der Waals surface area (Å²) in [5.41, 5.74) is 1.86. The minimum atomic E-state index is -0.00273. The van der Waals surface area contributed by atoms with E-state index >= 15 is 0 Å². The molecule has 0 radical (unpaired) electrons. The predicted octanol–water partition coefficient (Wildman–Crippen LogP) is 1.54. The molecule has 98 valence electrons. The molecule has 2 N–H and O–H groups in total. The molecule has 0 unspecified atom stereocenters. The SMILES string of the molecule is CNc1nnc(CN2CC(=O)Nc3ccccc32)s1. The predicted molar refractivity (Wildman–Crippen MR) is 75.6 cm³/mol. The van der Waals surface area contributed by atoms with Gasteiger partial charge in [0.05, 0.1) is 24.5 Å². The van der Waals surface area contributed by atoms with Gasteiger partial charge < -0.3 is 15.5 Å². The molecule has 1 aromatic carbocycles. The highest BCUT2D eigenvalue weighted by Crippen LogP contribution is 2.30. The molecule has 3 rings (SSSR count). The lowest BCUT2D eigenvalue weighted by atomic mass is 10.2. The van der Waals surface area contributed by atoms with E-state index < -0.39 is 0 Å². The van der Waals surface area contributed by atoms with E-state index in [-0.39, 0.29) is 5.91 Å². The van der Waals surface area contributed by atoms with Crippen molar-refractivity contribution in [1.29, 1.82) is 0 Å². The Morgan fingerprint density at radius 2 is 2.26 bits per heavy atom. The fourth-order valence-corrected chi connectivity index (χ4v) is 2.74. The van der Waals surface area contributed by atoms with E-state index in [4.69, 9.17) is 0 Å². The summed E-state index contributed by atoms with van der Waals surface area (Å²) in [6, 6.07) is 7.77. The average molecular weight is 275 g/mol. The number of nitrogens with zero attached hydrogens (tertiary/aromatic N) is 3. The fourth-order valence-electron chi connectivity index (χ4n) is 2.03. The van der Waals surface area contributed by atoms with Crippen LogP contribution in [0, 0.1) is 0 Å². The van der Waals surface area contributed by atoms with Crippen molar-refractivity contribution in [2.75, 3.05) is 29.1 Å². The van der Waals surface area contributed by atoms with Crippen molar-refractivity contribution < 1.29 is 4.79 Å². The topological polar surface area (TPSA) is 70.2 Å². The first kappa shape index (κ1) is 11.9. The molecule has 6 nitrogen and oxygen atoms in total. The number of hydrogen-bond acceptors (Lipinski definition) is 6. The number of amides is 1. The van der Waals surface area contributed by atoms with Crippen LogP contribution < -0.4 is 15.5 Å². The highest BCUT2D eigenvalue weighted by Gasteiger charge is 2.22. The molecule has 0 fully saturated rings. The normalized spacial score (nSPS) is 13.9. The molecule has 2 heterocycles. The Balaban J connectivity index is 1.86. The van der Waals surface area contributed by atoms with E-state index in [1.807, 2.05) is 36.2 Å². The molecule has 0 saturated carbocycles. The summed E-state index contributed by atoms with van der Waals surface area (Å²) in [5.74, 6) is -0.00273. The van der Waals surface area contributed by atoms with Crippen LogP contribution >= 0.6 is 11.3 Å². The van der Waals surface area contributed by atoms with E-state index in [0.717, 1.165) is 21.5 Å². The maximum Gasteiger partial charge on any atom is 0.243 e. The summed E-state index contributed by atoms with van der Waals surface area (Å²) in [6.07, 6.45) is 0. The summed E-state index contributed by atoms with van der Waals surface area (Å²) >= 11 is 1.50. The number of para-hydroxylation sites is 2. The second-order valence-corrected chi connectivity index (χ2v) is 5.23. The Labute approximate surface area is 114 Å². The van der Waals surface area contributed by atoms with E-state index in [2.05, 4.69) is 20.8 Å². The van der Waals surface area contributed by atoms with Crippen molar-refractivity contribution in [2.45, 2.75) is 6.54 Å². The number of fused-ring (bicyclic) bond motifs is 1. The monoisotopic (exact) mass is 275 g/mol. The zero-order valence-electron chi connectivity index (χ0n) is 10.4. The smallest absolute Gasteiger partial charge is 0.243 e. The molecule has 0 saturated heterocycles. The number of benzene rings is 1. The Morgan fingerprint density at radius 3 is 3.05 bits per heavy atom. The second-order valence-electron chi connectivity index (χ2n) is 4.17. The minimum absolute atomic E-state index is 0.00273. The van der Waals surface area contributed by atoms with Crippen molar-refractivity contribution in [3.05, 3.63) is 29.3 Å². The van der Waals surface area contributed by atoms with E-state index in [1.54, 1.807) is 0 Å². The number of hydrogen-bond donors (Lipinski definition) is 2. The van der Waals surface area contributed by atoms with Crippen molar-refractivity contribution in [2.24, 2.45) is 0 Å². The molecule has 1 aliphatic heterocycles. The highest BCUT2D eigenvalue weighted by molar-refractivity contribution is 7.15. The van der Waals surface area contributed by atoms with Crippen LogP contribution in [0.15, 0.2) is 24.3 Å². The maximum atomic E-state index is 11.7. The van der Waals surface area contributed by atoms with Crippen LogP contribution in [0.25, 0.3) is 0 Å². The first-order valence-corrected chi connectivity index (χ1v) is 6.72. The van der Waals surface area contributed by atoms with Crippen LogP contribution in [-0.2, 0) is 11.3 Å². The van der Waals surface area contributed by atoms with Crippen molar-refractivity contribution in [3.8, 4) is 0 Å². The van der Waals surface area contributed by atoms with Crippen molar-refractivity contribution in [3.63, 3.8) is 0 Å². The van der Waals surface area contributed by atoms with Gasteiger partial charge in [0, 0.05) is 7.05 Å². The maximum absolute atomic E-state index is 11.7. The Kier molecular flexibility index (Phi) is 3.04. The van der Waals surface area contributed by atoms with E-state index in [0.29, 0.717) is 13.1 Å². The van der Waals surface area contributed by atoms with Crippen LogP contribution in [0.2, 0.25) is 0 Å². The standard InChI is InChI=1S/C12H13N5OS/c1-13-12-16-15-11(19-12)7-17-6-10(18)14-8-4-2-3-5-9(8)17/h2-5H,6-7H2,1H3,(H,13,16)(H,14,18). The van der Waals surface area contributed by atoms with Crippen LogP contribution in [0.4, 0.5) is 16.5 Å². The van der Waals surface area contributed by atoms with E-state index in [9.17, 15) is 4.79 Å². The molecule has 19 heavy (non-hydrogen) atoms.